The molecule has 1 amide bonds. The molecule has 0 radical (unpaired) electrons. The predicted molar refractivity (Wildman–Crippen MR) is 105 cm³/mol. The fourth-order valence-electron chi connectivity index (χ4n) is 3.62. The van der Waals surface area contributed by atoms with Crippen LogP contribution >= 0.6 is 0 Å². The fourth-order valence-corrected chi connectivity index (χ4v) is 3.62. The Morgan fingerprint density at radius 3 is 2.78 bits per heavy atom. The lowest BCUT2D eigenvalue weighted by Gasteiger charge is -2.17. The third-order valence-electron chi connectivity index (χ3n) is 5.21. The Labute approximate surface area is 180 Å². The van der Waals surface area contributed by atoms with Crippen molar-refractivity contribution in [1.82, 2.24) is 25.1 Å². The van der Waals surface area contributed by atoms with Gasteiger partial charge in [0.1, 0.15) is 5.69 Å². The van der Waals surface area contributed by atoms with Crippen molar-refractivity contribution in [2.75, 3.05) is 7.11 Å². The van der Waals surface area contributed by atoms with Gasteiger partial charge in [0.2, 0.25) is 5.88 Å². The summed E-state index contributed by atoms with van der Waals surface area (Å²) in [6.07, 6.45) is -0.541. The van der Waals surface area contributed by atoms with Gasteiger partial charge in [0.05, 0.1) is 30.7 Å². The summed E-state index contributed by atoms with van der Waals surface area (Å²) in [5, 5.41) is 7.25. The minimum Gasteiger partial charge on any atom is -0.481 e. The van der Waals surface area contributed by atoms with Gasteiger partial charge in [-0.3, -0.25) is 9.48 Å². The van der Waals surface area contributed by atoms with E-state index in [4.69, 9.17) is 4.74 Å². The van der Waals surface area contributed by atoms with Gasteiger partial charge in [-0.25, -0.2) is 14.4 Å². The normalized spacial score (nSPS) is 16.2. The van der Waals surface area contributed by atoms with Crippen LogP contribution in [0.4, 0.5) is 17.6 Å². The van der Waals surface area contributed by atoms with Crippen LogP contribution in [0.5, 0.6) is 5.88 Å². The highest BCUT2D eigenvalue weighted by Crippen LogP contribution is 2.34. The summed E-state index contributed by atoms with van der Waals surface area (Å²) >= 11 is 0. The number of hydrogen-bond donors (Lipinski definition) is 1. The van der Waals surface area contributed by atoms with Gasteiger partial charge in [0, 0.05) is 29.9 Å². The number of carbonyl (C=O) groups excluding carboxylic acids is 1. The third kappa shape index (κ3) is 4.41. The van der Waals surface area contributed by atoms with Crippen LogP contribution in [0.2, 0.25) is 0 Å². The number of amides is 1. The zero-order valence-electron chi connectivity index (χ0n) is 17.0. The standard InChI is InChI=1S/C21H19F4N5O2/c1-32-19-8-12(5-6-26-19)20(31)28-15-4-2-3-7-30-17(15)10-16(29-30)13-9-18(21(23,24)25)27-11-14(13)22/h5-6,8-11,15H,2-4,7H2,1H3,(H,28,31). The van der Waals surface area contributed by atoms with Gasteiger partial charge in [-0.05, 0) is 37.5 Å². The summed E-state index contributed by atoms with van der Waals surface area (Å²) in [6, 6.07) is 4.76. The summed E-state index contributed by atoms with van der Waals surface area (Å²) in [4.78, 5) is 19.9. The Morgan fingerprint density at radius 1 is 1.22 bits per heavy atom. The number of pyridine rings is 2. The maximum absolute atomic E-state index is 14.3. The fraction of sp³-hybridized carbons (Fsp3) is 0.333. The van der Waals surface area contributed by atoms with Crippen molar-refractivity contribution < 1.29 is 27.1 Å². The molecule has 0 saturated heterocycles. The zero-order valence-corrected chi connectivity index (χ0v) is 17.0. The second-order valence-electron chi connectivity index (χ2n) is 7.33. The van der Waals surface area contributed by atoms with E-state index in [0.717, 1.165) is 12.8 Å². The van der Waals surface area contributed by atoms with E-state index in [-0.39, 0.29) is 17.2 Å². The van der Waals surface area contributed by atoms with E-state index < -0.39 is 23.7 Å². The average Bonchev–Trinajstić information content (AvgIpc) is 3.10. The topological polar surface area (TPSA) is 81.9 Å². The first-order valence-corrected chi connectivity index (χ1v) is 9.88. The van der Waals surface area contributed by atoms with E-state index in [0.29, 0.717) is 42.4 Å². The molecule has 1 aliphatic heterocycles. The minimum atomic E-state index is -4.71. The molecule has 0 saturated carbocycles. The SMILES string of the molecule is COc1cc(C(=O)NC2CCCCn3nc(-c4cc(C(F)(F)F)ncc4F)cc32)ccn1. The molecular weight excluding hydrogens is 430 g/mol. The Kier molecular flexibility index (Phi) is 5.81. The molecule has 168 valence electrons. The van der Waals surface area contributed by atoms with Crippen LogP contribution in [0.1, 0.15) is 47.1 Å². The van der Waals surface area contributed by atoms with E-state index in [9.17, 15) is 22.4 Å². The first-order valence-electron chi connectivity index (χ1n) is 9.88. The van der Waals surface area contributed by atoms with Crippen molar-refractivity contribution in [2.24, 2.45) is 0 Å². The largest absolute Gasteiger partial charge is 0.481 e. The van der Waals surface area contributed by atoms with E-state index in [1.165, 1.54) is 25.4 Å². The Bertz CT molecular complexity index is 1150. The number of alkyl halides is 3. The van der Waals surface area contributed by atoms with Crippen LogP contribution < -0.4 is 10.1 Å². The number of aromatic nitrogens is 4. The molecule has 0 aromatic carbocycles. The maximum Gasteiger partial charge on any atom is 0.433 e. The number of hydrogen-bond acceptors (Lipinski definition) is 5. The van der Waals surface area contributed by atoms with Gasteiger partial charge in [-0.15, -0.1) is 0 Å². The summed E-state index contributed by atoms with van der Waals surface area (Å²) in [6.45, 7) is 0.504. The van der Waals surface area contributed by atoms with Crippen LogP contribution in [0.3, 0.4) is 0 Å². The first kappa shape index (κ1) is 21.7. The average molecular weight is 449 g/mol. The zero-order chi connectivity index (χ0) is 22.9. The second-order valence-corrected chi connectivity index (χ2v) is 7.33. The highest BCUT2D eigenvalue weighted by molar-refractivity contribution is 5.94. The number of rotatable bonds is 4. The summed E-state index contributed by atoms with van der Waals surface area (Å²) in [5.41, 5.74) is -0.499. The van der Waals surface area contributed by atoms with Crippen LogP contribution in [0.15, 0.2) is 36.7 Å². The number of ether oxygens (including phenoxy) is 1. The maximum atomic E-state index is 14.3. The second kappa shape index (κ2) is 8.56. The lowest BCUT2D eigenvalue weighted by molar-refractivity contribution is -0.141. The van der Waals surface area contributed by atoms with Gasteiger partial charge >= 0.3 is 6.18 Å². The van der Waals surface area contributed by atoms with Gasteiger partial charge < -0.3 is 10.1 Å². The number of aryl methyl sites for hydroxylation is 1. The predicted octanol–water partition coefficient (Wildman–Crippen LogP) is 4.16. The molecule has 32 heavy (non-hydrogen) atoms. The van der Waals surface area contributed by atoms with Gasteiger partial charge in [-0.2, -0.15) is 18.3 Å². The molecule has 1 atom stereocenters. The Morgan fingerprint density at radius 2 is 2.03 bits per heavy atom. The third-order valence-corrected chi connectivity index (χ3v) is 5.21. The van der Waals surface area contributed by atoms with Crippen molar-refractivity contribution in [1.29, 1.82) is 0 Å². The number of nitrogens with one attached hydrogen (secondary N) is 1. The highest BCUT2D eigenvalue weighted by Gasteiger charge is 2.34. The molecule has 11 heteroatoms. The lowest BCUT2D eigenvalue weighted by atomic mass is 10.1. The molecule has 1 unspecified atom stereocenters. The number of methoxy groups -OCH3 is 1. The number of nitrogens with zero attached hydrogens (tertiary/aromatic N) is 4. The van der Waals surface area contributed by atoms with E-state index in [1.54, 1.807) is 10.7 Å². The van der Waals surface area contributed by atoms with Crippen LogP contribution in [0, 0.1) is 5.82 Å². The Hall–Kier alpha value is -3.50. The summed E-state index contributed by atoms with van der Waals surface area (Å²) in [7, 11) is 1.44. The van der Waals surface area contributed by atoms with Crippen LogP contribution in [-0.2, 0) is 12.7 Å². The van der Waals surface area contributed by atoms with E-state index in [1.807, 2.05) is 0 Å². The first-order chi connectivity index (χ1) is 15.3. The molecule has 4 heterocycles. The van der Waals surface area contributed by atoms with Crippen molar-refractivity contribution in [3.63, 3.8) is 0 Å². The number of fused-ring (bicyclic) bond motifs is 1. The van der Waals surface area contributed by atoms with Crippen molar-refractivity contribution in [2.45, 2.75) is 38.0 Å². The molecular formula is C21H19F4N5O2. The molecule has 4 rings (SSSR count). The smallest absolute Gasteiger partial charge is 0.433 e. The number of carbonyl (C=O) groups is 1. The molecule has 0 bridgehead atoms. The van der Waals surface area contributed by atoms with E-state index in [2.05, 4.69) is 20.4 Å². The molecule has 1 N–H and O–H groups in total. The van der Waals surface area contributed by atoms with Crippen LogP contribution in [0.25, 0.3) is 11.3 Å². The summed E-state index contributed by atoms with van der Waals surface area (Å²) < 4.78 is 60.1. The van der Waals surface area contributed by atoms with E-state index >= 15 is 0 Å². The molecule has 0 spiro atoms. The van der Waals surface area contributed by atoms with Gasteiger partial charge in [-0.1, -0.05) is 0 Å². The molecule has 7 nitrogen and oxygen atoms in total. The number of halogens is 4. The van der Waals surface area contributed by atoms with Gasteiger partial charge in [0.15, 0.2) is 5.82 Å². The Balaban J connectivity index is 1.66. The van der Waals surface area contributed by atoms with Crippen molar-refractivity contribution >= 4 is 5.91 Å². The molecule has 3 aromatic heterocycles. The van der Waals surface area contributed by atoms with Crippen LogP contribution in [-0.4, -0.2) is 32.8 Å². The summed E-state index contributed by atoms with van der Waals surface area (Å²) in [5.74, 6) is -0.975. The van der Waals surface area contributed by atoms with Crippen molar-refractivity contribution in [3.05, 3.63) is 59.4 Å². The lowest BCUT2D eigenvalue weighted by Crippen LogP contribution is -2.29. The monoisotopic (exact) mass is 449 g/mol. The van der Waals surface area contributed by atoms with Crippen molar-refractivity contribution in [3.8, 4) is 17.1 Å². The molecule has 1 aliphatic rings. The highest BCUT2D eigenvalue weighted by atomic mass is 19.4. The quantitative estimate of drug-likeness (QED) is 0.605. The minimum absolute atomic E-state index is 0.0529. The molecule has 0 fully saturated rings. The van der Waals surface area contributed by atoms with Gasteiger partial charge in [0.25, 0.3) is 5.91 Å². The molecule has 0 aliphatic carbocycles. The molecule has 3 aromatic rings.